The van der Waals surface area contributed by atoms with E-state index in [-0.39, 0.29) is 0 Å². The highest BCUT2D eigenvalue weighted by atomic mass is 32.1. The van der Waals surface area contributed by atoms with E-state index in [4.69, 9.17) is 17.0 Å². The number of hydrogen-bond donors (Lipinski definition) is 2. The van der Waals surface area contributed by atoms with Crippen molar-refractivity contribution in [1.29, 1.82) is 0 Å². The third kappa shape index (κ3) is 5.44. The van der Waals surface area contributed by atoms with Gasteiger partial charge in [0.1, 0.15) is 0 Å². The molecule has 0 bridgehead atoms. The lowest BCUT2D eigenvalue weighted by molar-refractivity contribution is 0.114. The van der Waals surface area contributed by atoms with Crippen LogP contribution in [0.3, 0.4) is 0 Å². The molecule has 1 aromatic carbocycles. The van der Waals surface area contributed by atoms with Gasteiger partial charge in [0.25, 0.3) is 0 Å². The molecule has 0 aliphatic carbocycles. The highest BCUT2D eigenvalue weighted by Crippen LogP contribution is 2.15. The maximum atomic E-state index is 5.59. The number of anilines is 1. The molecule has 0 unspecified atom stereocenters. The second-order valence-corrected chi connectivity index (χ2v) is 6.91. The predicted octanol–water partition coefficient (Wildman–Crippen LogP) is 3.14. The molecule has 0 saturated carbocycles. The Bertz CT molecular complexity index is 493. The normalized spacial score (nSPS) is 22.0. The molecule has 2 aliphatic rings. The van der Waals surface area contributed by atoms with Gasteiger partial charge in [0.2, 0.25) is 0 Å². The molecule has 0 spiro atoms. The Labute approximate surface area is 144 Å². The number of rotatable bonds is 5. The van der Waals surface area contributed by atoms with Crippen molar-refractivity contribution in [1.82, 2.24) is 10.2 Å². The summed E-state index contributed by atoms with van der Waals surface area (Å²) in [5.41, 5.74) is 2.41. The first-order valence-corrected chi connectivity index (χ1v) is 9.18. The van der Waals surface area contributed by atoms with Crippen LogP contribution >= 0.6 is 12.2 Å². The molecule has 2 saturated heterocycles. The predicted molar refractivity (Wildman–Crippen MR) is 98.8 cm³/mol. The minimum Gasteiger partial charge on any atom is -0.376 e. The number of nitrogens with zero attached hydrogens (tertiary/aromatic N) is 1. The van der Waals surface area contributed by atoms with E-state index in [1.807, 2.05) is 0 Å². The molecule has 126 valence electrons. The molecule has 2 heterocycles. The number of piperidine rings is 1. The SMILES string of the molecule is S=C(NC[C@@H]1CCCO1)Nc1ccc(CN2CCCCC2)cc1. The Kier molecular flexibility index (Phi) is 6.25. The summed E-state index contributed by atoms with van der Waals surface area (Å²) in [5, 5.41) is 7.16. The monoisotopic (exact) mass is 333 g/mol. The zero-order valence-corrected chi connectivity index (χ0v) is 14.5. The van der Waals surface area contributed by atoms with Crippen LogP contribution in [-0.2, 0) is 11.3 Å². The van der Waals surface area contributed by atoms with E-state index in [1.54, 1.807) is 0 Å². The van der Waals surface area contributed by atoms with E-state index in [0.717, 1.165) is 38.2 Å². The molecule has 23 heavy (non-hydrogen) atoms. The van der Waals surface area contributed by atoms with Crippen LogP contribution in [0, 0.1) is 0 Å². The van der Waals surface area contributed by atoms with Crippen LogP contribution in [0.1, 0.15) is 37.7 Å². The van der Waals surface area contributed by atoms with Gasteiger partial charge in [0, 0.05) is 25.4 Å². The van der Waals surface area contributed by atoms with E-state index in [0.29, 0.717) is 11.2 Å². The first-order valence-electron chi connectivity index (χ1n) is 8.77. The van der Waals surface area contributed by atoms with Crippen LogP contribution in [0.4, 0.5) is 5.69 Å². The summed E-state index contributed by atoms with van der Waals surface area (Å²) in [5.74, 6) is 0. The lowest BCUT2D eigenvalue weighted by atomic mass is 10.1. The molecule has 4 nitrogen and oxygen atoms in total. The van der Waals surface area contributed by atoms with Gasteiger partial charge in [-0.05, 0) is 68.7 Å². The van der Waals surface area contributed by atoms with Gasteiger partial charge >= 0.3 is 0 Å². The minimum absolute atomic E-state index is 0.307. The van der Waals surface area contributed by atoms with Crippen molar-refractivity contribution in [3.8, 4) is 0 Å². The zero-order chi connectivity index (χ0) is 15.9. The molecule has 0 radical (unpaired) electrons. The summed E-state index contributed by atoms with van der Waals surface area (Å²) in [4.78, 5) is 2.54. The standard InChI is InChI=1S/C18H27N3OS/c23-18(19-13-17-5-4-12-22-17)20-16-8-6-15(7-9-16)14-21-10-2-1-3-11-21/h6-9,17H,1-5,10-14H2,(H2,19,20,23)/t17-/m0/s1. The van der Waals surface area contributed by atoms with Gasteiger partial charge in [-0.3, -0.25) is 4.90 Å². The van der Waals surface area contributed by atoms with Gasteiger partial charge in [-0.25, -0.2) is 0 Å². The number of nitrogens with one attached hydrogen (secondary N) is 2. The Morgan fingerprint density at radius 3 is 2.61 bits per heavy atom. The second kappa shape index (κ2) is 8.62. The minimum atomic E-state index is 0.307. The smallest absolute Gasteiger partial charge is 0.170 e. The average molecular weight is 334 g/mol. The highest BCUT2D eigenvalue weighted by molar-refractivity contribution is 7.80. The van der Waals surface area contributed by atoms with Crippen LogP contribution in [0.2, 0.25) is 0 Å². The molecule has 1 atom stereocenters. The highest BCUT2D eigenvalue weighted by Gasteiger charge is 2.15. The number of benzene rings is 1. The molecule has 3 rings (SSSR count). The Balaban J connectivity index is 1.42. The number of hydrogen-bond acceptors (Lipinski definition) is 3. The number of thiocarbonyl (C=S) groups is 1. The van der Waals surface area contributed by atoms with Gasteiger partial charge in [-0.2, -0.15) is 0 Å². The van der Waals surface area contributed by atoms with Crippen molar-refractivity contribution in [3.63, 3.8) is 0 Å². The second-order valence-electron chi connectivity index (χ2n) is 6.50. The maximum Gasteiger partial charge on any atom is 0.170 e. The molecule has 2 N–H and O–H groups in total. The van der Waals surface area contributed by atoms with E-state index in [9.17, 15) is 0 Å². The van der Waals surface area contributed by atoms with Crippen molar-refractivity contribution in [2.75, 3.05) is 31.6 Å². The number of likely N-dealkylation sites (tertiary alicyclic amines) is 1. The molecule has 1 aromatic rings. The number of ether oxygens (including phenoxy) is 1. The topological polar surface area (TPSA) is 36.5 Å². The lowest BCUT2D eigenvalue weighted by Gasteiger charge is -2.26. The molecular weight excluding hydrogens is 306 g/mol. The first kappa shape index (κ1) is 16.7. The fourth-order valence-electron chi connectivity index (χ4n) is 3.26. The average Bonchev–Trinajstić information content (AvgIpc) is 3.09. The molecule has 0 amide bonds. The Hall–Kier alpha value is -1.17. The third-order valence-electron chi connectivity index (χ3n) is 4.58. The summed E-state index contributed by atoms with van der Waals surface area (Å²) < 4.78 is 5.59. The van der Waals surface area contributed by atoms with Crippen LogP contribution in [-0.4, -0.2) is 42.4 Å². The summed E-state index contributed by atoms with van der Waals surface area (Å²) in [6.45, 7) is 5.19. The molecule has 0 aromatic heterocycles. The van der Waals surface area contributed by atoms with E-state index in [2.05, 4.69) is 39.8 Å². The van der Waals surface area contributed by atoms with E-state index < -0.39 is 0 Å². The molecule has 2 fully saturated rings. The van der Waals surface area contributed by atoms with E-state index >= 15 is 0 Å². The maximum absolute atomic E-state index is 5.59. The molecule has 5 heteroatoms. The van der Waals surface area contributed by atoms with Crippen LogP contribution in [0.15, 0.2) is 24.3 Å². The molecular formula is C18H27N3OS. The van der Waals surface area contributed by atoms with Crippen molar-refractivity contribution < 1.29 is 4.74 Å². The summed E-state index contributed by atoms with van der Waals surface area (Å²) in [6, 6.07) is 8.61. The third-order valence-corrected chi connectivity index (χ3v) is 4.83. The van der Waals surface area contributed by atoms with Gasteiger partial charge in [0.05, 0.1) is 6.10 Å². The van der Waals surface area contributed by atoms with Crippen LogP contribution < -0.4 is 10.6 Å². The van der Waals surface area contributed by atoms with Gasteiger partial charge < -0.3 is 15.4 Å². The largest absolute Gasteiger partial charge is 0.376 e. The lowest BCUT2D eigenvalue weighted by Crippen LogP contribution is -2.34. The van der Waals surface area contributed by atoms with Crippen LogP contribution in [0.25, 0.3) is 0 Å². The van der Waals surface area contributed by atoms with Gasteiger partial charge in [0.15, 0.2) is 5.11 Å². The Morgan fingerprint density at radius 2 is 1.91 bits per heavy atom. The fraction of sp³-hybridized carbons (Fsp3) is 0.611. The summed E-state index contributed by atoms with van der Waals surface area (Å²) in [6.07, 6.45) is 6.65. The first-order chi connectivity index (χ1) is 11.3. The molecule has 2 aliphatic heterocycles. The Morgan fingerprint density at radius 1 is 1.13 bits per heavy atom. The fourth-order valence-corrected chi connectivity index (χ4v) is 3.46. The van der Waals surface area contributed by atoms with Gasteiger partial charge in [-0.15, -0.1) is 0 Å². The summed E-state index contributed by atoms with van der Waals surface area (Å²) >= 11 is 5.35. The summed E-state index contributed by atoms with van der Waals surface area (Å²) in [7, 11) is 0. The van der Waals surface area contributed by atoms with Crippen molar-refractivity contribution in [2.24, 2.45) is 0 Å². The van der Waals surface area contributed by atoms with Crippen molar-refractivity contribution in [2.45, 2.75) is 44.8 Å². The van der Waals surface area contributed by atoms with Crippen LogP contribution in [0.5, 0.6) is 0 Å². The zero-order valence-electron chi connectivity index (χ0n) is 13.7. The van der Waals surface area contributed by atoms with Gasteiger partial charge in [-0.1, -0.05) is 18.6 Å². The van der Waals surface area contributed by atoms with Crippen molar-refractivity contribution >= 4 is 23.0 Å². The van der Waals surface area contributed by atoms with Crippen molar-refractivity contribution in [3.05, 3.63) is 29.8 Å². The quantitative estimate of drug-likeness (QED) is 0.810. The van der Waals surface area contributed by atoms with E-state index in [1.165, 1.54) is 37.9 Å².